The van der Waals surface area contributed by atoms with E-state index in [9.17, 15) is 4.79 Å². The van der Waals surface area contributed by atoms with Crippen LogP contribution in [-0.4, -0.2) is 57.8 Å². The van der Waals surface area contributed by atoms with Crippen LogP contribution in [0.25, 0.3) is 5.65 Å². The van der Waals surface area contributed by atoms with E-state index in [1.165, 1.54) is 5.69 Å². The maximum Gasteiger partial charge on any atom is 0.327 e. The highest BCUT2D eigenvalue weighted by Gasteiger charge is 2.30. The zero-order valence-electron chi connectivity index (χ0n) is 17.5. The van der Waals surface area contributed by atoms with E-state index in [4.69, 9.17) is 0 Å². The Morgan fingerprint density at radius 3 is 3.00 bits per heavy atom. The maximum absolute atomic E-state index is 13.1. The van der Waals surface area contributed by atoms with E-state index in [-0.39, 0.29) is 6.03 Å². The molecule has 2 N–H and O–H groups in total. The van der Waals surface area contributed by atoms with Gasteiger partial charge in [0.05, 0.1) is 5.69 Å². The van der Waals surface area contributed by atoms with Gasteiger partial charge in [0.15, 0.2) is 5.65 Å². The normalized spacial score (nSPS) is 18.7. The molecule has 2 aliphatic rings. The van der Waals surface area contributed by atoms with Crippen LogP contribution in [0.1, 0.15) is 23.9 Å². The summed E-state index contributed by atoms with van der Waals surface area (Å²) in [5, 5.41) is 10.8. The molecule has 0 spiro atoms. The van der Waals surface area contributed by atoms with Crippen LogP contribution in [0.4, 0.5) is 22.0 Å². The van der Waals surface area contributed by atoms with Crippen LogP contribution in [0.15, 0.2) is 24.5 Å². The number of nitrogens with zero attached hydrogens (tertiary/aromatic N) is 6. The topological polar surface area (TPSA) is 90.7 Å². The molecule has 2 amide bonds. The van der Waals surface area contributed by atoms with Crippen molar-refractivity contribution < 1.29 is 4.79 Å². The number of nitrogens with one attached hydrogen (secondary N) is 2. The number of anilines is 3. The zero-order chi connectivity index (χ0) is 20.8. The molecule has 2 aliphatic heterocycles. The van der Waals surface area contributed by atoms with Crippen molar-refractivity contribution in [3.05, 3.63) is 41.5 Å². The Morgan fingerprint density at radius 2 is 2.17 bits per heavy atom. The first kappa shape index (κ1) is 18.8. The van der Waals surface area contributed by atoms with Crippen molar-refractivity contribution in [3.63, 3.8) is 0 Å². The first-order valence-electron chi connectivity index (χ1n) is 10.4. The van der Waals surface area contributed by atoms with Crippen LogP contribution < -0.4 is 20.4 Å². The number of aromatic nitrogens is 4. The zero-order valence-corrected chi connectivity index (χ0v) is 17.5. The third kappa shape index (κ3) is 3.24. The van der Waals surface area contributed by atoms with Gasteiger partial charge in [-0.2, -0.15) is 5.10 Å². The van der Waals surface area contributed by atoms with Crippen LogP contribution in [-0.2, 0) is 6.42 Å². The Hall–Kier alpha value is -3.20. The fraction of sp³-hybridized carbons (Fsp3) is 0.429. The van der Waals surface area contributed by atoms with E-state index in [0.717, 1.165) is 48.7 Å². The summed E-state index contributed by atoms with van der Waals surface area (Å²) in [6.07, 6.45) is 4.50. The molecule has 5 rings (SSSR count). The molecule has 156 valence electrons. The van der Waals surface area contributed by atoms with Gasteiger partial charge in [-0.15, -0.1) is 0 Å². The smallest absolute Gasteiger partial charge is 0.327 e. The predicted molar refractivity (Wildman–Crippen MR) is 116 cm³/mol. The van der Waals surface area contributed by atoms with Crippen LogP contribution >= 0.6 is 0 Å². The van der Waals surface area contributed by atoms with Gasteiger partial charge in [0, 0.05) is 61.9 Å². The molecule has 9 nitrogen and oxygen atoms in total. The first-order chi connectivity index (χ1) is 14.5. The van der Waals surface area contributed by atoms with E-state index >= 15 is 0 Å². The number of hydrogen-bond acceptors (Lipinski definition) is 6. The Balaban J connectivity index is 1.40. The van der Waals surface area contributed by atoms with Gasteiger partial charge in [-0.1, -0.05) is 0 Å². The summed E-state index contributed by atoms with van der Waals surface area (Å²) in [7, 11) is 0. The van der Waals surface area contributed by atoms with Crippen molar-refractivity contribution in [2.24, 2.45) is 0 Å². The number of urea groups is 1. The van der Waals surface area contributed by atoms with Gasteiger partial charge in [-0.3, -0.25) is 4.90 Å². The van der Waals surface area contributed by atoms with E-state index in [0.29, 0.717) is 24.1 Å². The highest BCUT2D eigenvalue weighted by molar-refractivity contribution is 6.03. The molecule has 3 aromatic heterocycles. The number of rotatable bonds is 2. The van der Waals surface area contributed by atoms with E-state index in [2.05, 4.69) is 43.6 Å². The Kier molecular flexibility index (Phi) is 4.54. The Labute approximate surface area is 175 Å². The first-order valence-corrected chi connectivity index (χ1v) is 10.4. The lowest BCUT2D eigenvalue weighted by Gasteiger charge is -2.34. The van der Waals surface area contributed by atoms with Crippen molar-refractivity contribution in [1.29, 1.82) is 0 Å². The second-order valence-corrected chi connectivity index (χ2v) is 8.10. The van der Waals surface area contributed by atoms with Crippen LogP contribution in [0.5, 0.6) is 0 Å². The fourth-order valence-electron chi connectivity index (χ4n) is 4.37. The van der Waals surface area contributed by atoms with Gasteiger partial charge >= 0.3 is 6.03 Å². The number of pyridine rings is 2. The molecule has 1 fully saturated rings. The predicted octanol–water partition coefficient (Wildman–Crippen LogP) is 2.13. The SMILES string of the molecule is Cc1nc2cc(NC(=O)N3CCc4c(N5CCN[C@H](C)C5)ccnc43)c(C)cn2n1. The monoisotopic (exact) mass is 406 g/mol. The van der Waals surface area contributed by atoms with Crippen molar-refractivity contribution in [2.45, 2.75) is 33.2 Å². The lowest BCUT2D eigenvalue weighted by atomic mass is 10.1. The molecule has 9 heteroatoms. The van der Waals surface area contributed by atoms with Crippen molar-refractivity contribution >= 4 is 28.9 Å². The quantitative estimate of drug-likeness (QED) is 0.678. The van der Waals surface area contributed by atoms with Gasteiger partial charge in [0.2, 0.25) is 0 Å². The molecule has 0 aliphatic carbocycles. The Bertz CT molecular complexity index is 1120. The molecular weight excluding hydrogens is 380 g/mol. The minimum atomic E-state index is -0.171. The molecule has 3 aromatic rings. The van der Waals surface area contributed by atoms with Gasteiger partial charge in [-0.05, 0) is 38.8 Å². The van der Waals surface area contributed by atoms with Gasteiger partial charge in [0.1, 0.15) is 11.6 Å². The summed E-state index contributed by atoms with van der Waals surface area (Å²) in [6, 6.07) is 4.21. The van der Waals surface area contributed by atoms with Crippen LogP contribution in [0, 0.1) is 13.8 Å². The standard InChI is InChI=1S/C21H26N8O/c1-13-11-29-19(24-15(3)26-29)10-17(13)25-21(30)28-8-5-16-18(4-6-23-20(16)28)27-9-7-22-14(2)12-27/h4,6,10-11,14,22H,5,7-9,12H2,1-3H3,(H,25,30)/t14-/m1/s1. The molecule has 5 heterocycles. The molecule has 0 aromatic carbocycles. The second-order valence-electron chi connectivity index (χ2n) is 8.10. The minimum absolute atomic E-state index is 0.171. The highest BCUT2D eigenvalue weighted by atomic mass is 16.2. The third-order valence-corrected chi connectivity index (χ3v) is 5.82. The molecule has 1 atom stereocenters. The summed E-state index contributed by atoms with van der Waals surface area (Å²) in [4.78, 5) is 26.2. The number of piperazine rings is 1. The number of amides is 2. The van der Waals surface area contributed by atoms with Gasteiger partial charge in [-0.25, -0.2) is 19.3 Å². The molecule has 1 saturated heterocycles. The number of aryl methyl sites for hydroxylation is 2. The van der Waals surface area contributed by atoms with Crippen LogP contribution in [0.3, 0.4) is 0 Å². The lowest BCUT2D eigenvalue weighted by molar-refractivity contribution is 0.257. The number of hydrogen-bond donors (Lipinski definition) is 2. The third-order valence-electron chi connectivity index (χ3n) is 5.82. The summed E-state index contributed by atoms with van der Waals surface area (Å²) in [5.74, 6) is 1.46. The second kappa shape index (κ2) is 7.24. The molecular formula is C21H26N8O. The number of fused-ring (bicyclic) bond motifs is 2. The van der Waals surface area contributed by atoms with Crippen molar-refractivity contribution in [3.8, 4) is 0 Å². The van der Waals surface area contributed by atoms with Crippen molar-refractivity contribution in [1.82, 2.24) is 24.9 Å². The maximum atomic E-state index is 13.1. The molecule has 0 radical (unpaired) electrons. The lowest BCUT2D eigenvalue weighted by Crippen LogP contribution is -2.49. The van der Waals surface area contributed by atoms with Gasteiger partial charge in [0.25, 0.3) is 0 Å². The average Bonchev–Trinajstić information content (AvgIpc) is 3.30. The average molecular weight is 406 g/mol. The summed E-state index contributed by atoms with van der Waals surface area (Å²) in [5.41, 5.74) is 4.72. The largest absolute Gasteiger partial charge is 0.368 e. The van der Waals surface area contributed by atoms with E-state index < -0.39 is 0 Å². The molecule has 30 heavy (non-hydrogen) atoms. The molecule has 0 bridgehead atoms. The van der Waals surface area contributed by atoms with Gasteiger partial charge < -0.3 is 15.5 Å². The van der Waals surface area contributed by atoms with E-state index in [1.54, 1.807) is 9.42 Å². The van der Waals surface area contributed by atoms with Crippen LogP contribution in [0.2, 0.25) is 0 Å². The van der Waals surface area contributed by atoms with E-state index in [1.807, 2.05) is 32.3 Å². The fourth-order valence-corrected chi connectivity index (χ4v) is 4.37. The minimum Gasteiger partial charge on any atom is -0.368 e. The summed E-state index contributed by atoms with van der Waals surface area (Å²) >= 11 is 0. The molecule has 0 saturated carbocycles. The molecule has 0 unspecified atom stereocenters. The Morgan fingerprint density at radius 1 is 1.30 bits per heavy atom. The van der Waals surface area contributed by atoms with Crippen molar-refractivity contribution in [2.75, 3.05) is 41.3 Å². The summed E-state index contributed by atoms with van der Waals surface area (Å²) < 4.78 is 1.73. The summed E-state index contributed by atoms with van der Waals surface area (Å²) in [6.45, 7) is 9.51. The number of carbonyl (C=O) groups is 1. The number of carbonyl (C=O) groups excluding carboxylic acids is 1. The highest BCUT2D eigenvalue weighted by Crippen LogP contribution is 2.34.